The Morgan fingerprint density at radius 3 is 0.923 bits per heavy atom. The van der Waals surface area contributed by atoms with E-state index in [0.717, 1.165) is 0 Å². The van der Waals surface area contributed by atoms with E-state index in [1.54, 1.807) is 0 Å². The summed E-state index contributed by atoms with van der Waals surface area (Å²) in [6.45, 7) is 0. The average molecular weight is 500 g/mol. The van der Waals surface area contributed by atoms with Crippen molar-refractivity contribution in [2.75, 3.05) is 0 Å². The average Bonchev–Trinajstić information content (AvgIpc) is 2.34. The third-order valence-electron chi connectivity index (χ3n) is 2.88. The molecule has 0 rings (SSSR count). The molecule has 0 bridgehead atoms. The van der Waals surface area contributed by atoms with Gasteiger partial charge in [-0.1, -0.05) is 23.2 Å². The minimum absolute atomic E-state index is 2.01. The van der Waals surface area contributed by atoms with Gasteiger partial charge in [-0.2, -0.15) is 43.9 Å². The van der Waals surface area contributed by atoms with E-state index < -0.39 is 55.1 Å². The Bertz CT molecular complexity index is 485. The van der Waals surface area contributed by atoms with E-state index in [-0.39, 0.29) is 0 Å². The van der Waals surface area contributed by atoms with Crippen molar-refractivity contribution >= 4 is 45.0 Å². The third kappa shape index (κ3) is 3.23. The zero-order valence-corrected chi connectivity index (χ0v) is 15.7. The highest BCUT2D eigenvalue weighted by molar-refractivity contribution is 6.37. The quantitative estimate of drug-likeness (QED) is 0.259. The highest BCUT2D eigenvalue weighted by Crippen LogP contribution is 2.64. The molecule has 0 amide bonds. The van der Waals surface area contributed by atoms with Gasteiger partial charge in [-0.05, 0) is 11.6 Å². The molecule has 0 aliphatic heterocycles. The molecule has 0 aromatic heterocycles. The molecule has 0 nitrogen and oxygen atoms in total. The standard InChI is InChI=1S/C8H3Cl3F14Si/c9-1(12,2(10,13)8(24,25)26)3(14,15)4(16,17)5(18,19)6(20,21)7(11,22)23/h26H3. The second-order valence-electron chi connectivity index (χ2n) is 4.83. The van der Waals surface area contributed by atoms with Crippen LogP contribution < -0.4 is 0 Å². The number of hydrogen-bond acceptors (Lipinski definition) is 0. The van der Waals surface area contributed by atoms with E-state index in [9.17, 15) is 61.5 Å². The van der Waals surface area contributed by atoms with Crippen molar-refractivity contribution in [3.63, 3.8) is 0 Å². The van der Waals surface area contributed by atoms with Crippen LogP contribution in [0.5, 0.6) is 0 Å². The fourth-order valence-electron chi connectivity index (χ4n) is 1.24. The number of rotatable bonds is 7. The van der Waals surface area contributed by atoms with Gasteiger partial charge in [0, 0.05) is 0 Å². The first-order valence-electron chi connectivity index (χ1n) is 5.46. The van der Waals surface area contributed by atoms with Crippen molar-refractivity contribution in [1.29, 1.82) is 0 Å². The fraction of sp³-hybridized carbons (Fsp3) is 1.00. The normalized spacial score (nSPS) is 20.7. The molecule has 0 N–H and O–H groups in total. The van der Waals surface area contributed by atoms with Crippen LogP contribution in [0.1, 0.15) is 0 Å². The zero-order valence-electron chi connectivity index (χ0n) is 11.4. The maximum Gasteiger partial charge on any atom is 0.393 e. The van der Waals surface area contributed by atoms with E-state index in [2.05, 4.69) is 34.8 Å². The van der Waals surface area contributed by atoms with Gasteiger partial charge in [-0.15, -0.1) is 0 Å². The molecule has 0 saturated heterocycles. The molecule has 0 aliphatic carbocycles. The first-order valence-corrected chi connectivity index (χ1v) is 7.60. The van der Waals surface area contributed by atoms with Crippen LogP contribution in [0.4, 0.5) is 61.5 Å². The van der Waals surface area contributed by atoms with Crippen molar-refractivity contribution in [1.82, 2.24) is 0 Å². The lowest BCUT2D eigenvalue weighted by Crippen LogP contribution is -2.73. The second-order valence-corrected chi connectivity index (χ2v) is 7.60. The first-order chi connectivity index (χ1) is 10.8. The van der Waals surface area contributed by atoms with Crippen molar-refractivity contribution in [3.05, 3.63) is 0 Å². The summed E-state index contributed by atoms with van der Waals surface area (Å²) in [5.41, 5.74) is -5.45. The van der Waals surface area contributed by atoms with Gasteiger partial charge in [-0.3, -0.25) is 0 Å². The van der Waals surface area contributed by atoms with E-state index in [4.69, 9.17) is 0 Å². The van der Waals surface area contributed by atoms with Crippen LogP contribution in [0.3, 0.4) is 0 Å². The topological polar surface area (TPSA) is 0 Å². The smallest absolute Gasteiger partial charge is 0.215 e. The lowest BCUT2D eigenvalue weighted by Gasteiger charge is -2.44. The molecule has 0 fully saturated rings. The van der Waals surface area contributed by atoms with Gasteiger partial charge >= 0.3 is 34.2 Å². The van der Waals surface area contributed by atoms with Gasteiger partial charge < -0.3 is 0 Å². The van der Waals surface area contributed by atoms with Crippen LogP contribution in [0.25, 0.3) is 0 Å². The van der Waals surface area contributed by atoms with E-state index >= 15 is 0 Å². The van der Waals surface area contributed by atoms with E-state index in [0.29, 0.717) is 0 Å². The van der Waals surface area contributed by atoms with Crippen LogP contribution in [0, 0.1) is 0 Å². The van der Waals surface area contributed by atoms with Gasteiger partial charge in [0.15, 0.2) is 0 Å². The molecule has 18 heteroatoms. The summed E-state index contributed by atoms with van der Waals surface area (Å²) >= 11 is 11.4. The summed E-state index contributed by atoms with van der Waals surface area (Å²) in [6, 6.07) is 0. The van der Waals surface area contributed by atoms with Gasteiger partial charge in [-0.25, -0.2) is 17.6 Å². The number of hydrogen-bond donors (Lipinski definition) is 0. The minimum atomic E-state index is -7.99. The maximum atomic E-state index is 13.6. The summed E-state index contributed by atoms with van der Waals surface area (Å²) < 4.78 is 182. The molecule has 2 unspecified atom stereocenters. The summed E-state index contributed by atoms with van der Waals surface area (Å²) in [5.74, 6) is -31.1. The summed E-state index contributed by atoms with van der Waals surface area (Å²) in [4.78, 5) is 0. The molecule has 158 valence electrons. The van der Waals surface area contributed by atoms with Crippen molar-refractivity contribution in [3.8, 4) is 0 Å². The SMILES string of the molecule is FC(F)([SiH3])C(F)(Cl)C(F)(Cl)C(F)(F)C(F)(F)C(F)(F)C(F)(F)C(F)(F)Cl. The van der Waals surface area contributed by atoms with Gasteiger partial charge in [0.25, 0.3) is 10.7 Å². The Morgan fingerprint density at radius 1 is 0.423 bits per heavy atom. The third-order valence-corrected chi connectivity index (χ3v) is 5.31. The molecule has 0 radical (unpaired) electrons. The van der Waals surface area contributed by atoms with Crippen LogP contribution in [-0.4, -0.2) is 55.1 Å². The van der Waals surface area contributed by atoms with Gasteiger partial charge in [0.1, 0.15) is 0 Å². The van der Waals surface area contributed by atoms with E-state index in [1.807, 2.05) is 0 Å². The van der Waals surface area contributed by atoms with Crippen LogP contribution >= 0.6 is 34.8 Å². The largest absolute Gasteiger partial charge is 0.393 e. The molecule has 2 atom stereocenters. The predicted molar refractivity (Wildman–Crippen MR) is 64.9 cm³/mol. The molecule has 0 aromatic rings. The lowest BCUT2D eigenvalue weighted by atomic mass is 9.93. The maximum absolute atomic E-state index is 13.6. The van der Waals surface area contributed by atoms with Gasteiger partial charge in [0.05, 0.1) is 10.2 Å². The molecule has 0 aromatic carbocycles. The minimum Gasteiger partial charge on any atom is -0.215 e. The first kappa shape index (κ1) is 26.1. The summed E-state index contributed by atoms with van der Waals surface area (Å²) in [7, 11) is -2.01. The molecular formula is C8H3Cl3F14Si. The summed E-state index contributed by atoms with van der Waals surface area (Å²) in [6.07, 6.45) is 0. The molecular weight excluding hydrogens is 497 g/mol. The van der Waals surface area contributed by atoms with Crippen LogP contribution in [-0.2, 0) is 0 Å². The van der Waals surface area contributed by atoms with Crippen molar-refractivity contribution in [2.24, 2.45) is 0 Å². The zero-order chi connectivity index (χ0) is 22.0. The molecule has 0 spiro atoms. The predicted octanol–water partition coefficient (Wildman–Crippen LogP) is 5.13. The molecule has 0 saturated carbocycles. The molecule has 0 heterocycles. The second kappa shape index (κ2) is 6.30. The molecule has 0 aliphatic rings. The highest BCUT2D eigenvalue weighted by Gasteiger charge is 2.92. The Hall–Kier alpha value is 0.107. The Morgan fingerprint density at radius 2 is 0.692 bits per heavy atom. The number of alkyl halides is 17. The Labute approximate surface area is 152 Å². The Kier molecular flexibility index (Phi) is 6.33. The van der Waals surface area contributed by atoms with Crippen LogP contribution in [0.15, 0.2) is 0 Å². The Balaban J connectivity index is 6.61. The lowest BCUT2D eigenvalue weighted by molar-refractivity contribution is -0.405. The highest BCUT2D eigenvalue weighted by atomic mass is 35.5. The van der Waals surface area contributed by atoms with Gasteiger partial charge in [0.2, 0.25) is 0 Å². The van der Waals surface area contributed by atoms with E-state index in [1.165, 1.54) is 0 Å². The molecule has 26 heavy (non-hydrogen) atoms. The van der Waals surface area contributed by atoms with Crippen molar-refractivity contribution < 1.29 is 61.5 Å². The van der Waals surface area contributed by atoms with Crippen molar-refractivity contribution in [2.45, 2.75) is 44.9 Å². The monoisotopic (exact) mass is 498 g/mol. The summed E-state index contributed by atoms with van der Waals surface area (Å²) in [5, 5.41) is -19.3. The van der Waals surface area contributed by atoms with Crippen LogP contribution in [0.2, 0.25) is 0 Å². The number of halogens is 17. The fourth-order valence-corrected chi connectivity index (χ4v) is 2.27.